The molecule has 1 aromatic heterocycles. The molecule has 0 N–H and O–H groups in total. The Hall–Kier alpha value is 0.210. The number of aryl methyl sites for hydroxylation is 1. The summed E-state index contributed by atoms with van der Waals surface area (Å²) in [6, 6.07) is 0. The van der Waals surface area contributed by atoms with Crippen molar-refractivity contribution in [3.8, 4) is 0 Å². The molecule has 0 radical (unpaired) electrons. The third-order valence-electron chi connectivity index (χ3n) is 2.69. The molecule has 1 aromatic rings. The molecule has 0 nitrogen and oxygen atoms in total. The normalized spacial score (nSPS) is 11.4. The lowest BCUT2D eigenvalue weighted by Gasteiger charge is -2.04. The van der Waals surface area contributed by atoms with Gasteiger partial charge in [0.15, 0.2) is 0 Å². The molecule has 0 aliphatic heterocycles. The molecule has 0 saturated carbocycles. The van der Waals surface area contributed by atoms with Gasteiger partial charge in [0.2, 0.25) is 0 Å². The van der Waals surface area contributed by atoms with Crippen LogP contribution in [-0.2, 0) is 12.8 Å². The van der Waals surface area contributed by atoms with Crippen molar-refractivity contribution < 1.29 is 0 Å². The number of unbranched alkanes of at least 4 members (excludes halogenated alkanes) is 2. The van der Waals surface area contributed by atoms with Crippen molar-refractivity contribution in [1.29, 1.82) is 0 Å². The lowest BCUT2D eigenvalue weighted by atomic mass is 10.0. The molecule has 2 heteroatoms. The summed E-state index contributed by atoms with van der Waals surface area (Å²) in [5.74, 6) is 2.46. The second-order valence-electron chi connectivity index (χ2n) is 3.91. The van der Waals surface area contributed by atoms with Gasteiger partial charge in [0.1, 0.15) is 0 Å². The van der Waals surface area contributed by atoms with Crippen LogP contribution < -0.4 is 5.04 Å². The van der Waals surface area contributed by atoms with Gasteiger partial charge in [-0.2, -0.15) is 0 Å². The SMILES string of the molecule is CCCCc1c[pH]c(P)c1CCCC. The Kier molecular flexibility index (Phi) is 5.83. The van der Waals surface area contributed by atoms with E-state index in [4.69, 9.17) is 0 Å². The predicted molar refractivity (Wildman–Crippen MR) is 72.5 cm³/mol. The molecular formula is C12H22P2. The molecule has 0 aliphatic carbocycles. The number of hydrogen-bond donors (Lipinski definition) is 0. The minimum absolute atomic E-state index is 0.946. The smallest absolute Gasteiger partial charge is 0.0105 e. The Balaban J connectivity index is 2.62. The molecule has 14 heavy (non-hydrogen) atoms. The highest BCUT2D eigenvalue weighted by Gasteiger charge is 2.06. The Labute approximate surface area is 92.2 Å². The molecule has 0 saturated heterocycles. The highest BCUT2D eigenvalue weighted by Crippen LogP contribution is 2.22. The van der Waals surface area contributed by atoms with Crippen LogP contribution in [0.5, 0.6) is 0 Å². The molecule has 0 aromatic carbocycles. The topological polar surface area (TPSA) is 0 Å². The van der Waals surface area contributed by atoms with Crippen molar-refractivity contribution in [2.24, 2.45) is 0 Å². The summed E-state index contributed by atoms with van der Waals surface area (Å²) in [6.45, 7) is 4.55. The first-order chi connectivity index (χ1) is 6.79. The minimum Gasteiger partial charge on any atom is -0.132 e. The largest absolute Gasteiger partial charge is 0.132 e. The zero-order valence-electron chi connectivity index (χ0n) is 9.40. The van der Waals surface area contributed by atoms with Crippen LogP contribution in [0.2, 0.25) is 0 Å². The van der Waals surface area contributed by atoms with Crippen LogP contribution in [0.1, 0.15) is 50.7 Å². The van der Waals surface area contributed by atoms with Gasteiger partial charge in [-0.3, -0.25) is 0 Å². The zero-order valence-corrected chi connectivity index (χ0v) is 11.6. The van der Waals surface area contributed by atoms with Gasteiger partial charge < -0.3 is 0 Å². The fraction of sp³-hybridized carbons (Fsp3) is 0.667. The molecule has 1 heterocycles. The third kappa shape index (κ3) is 3.41. The van der Waals surface area contributed by atoms with E-state index in [0.29, 0.717) is 0 Å². The molecule has 0 spiro atoms. The second-order valence-corrected chi connectivity index (χ2v) is 6.18. The fourth-order valence-electron chi connectivity index (χ4n) is 1.75. The monoisotopic (exact) mass is 228 g/mol. The Morgan fingerprint density at radius 1 is 1.14 bits per heavy atom. The summed E-state index contributed by atoms with van der Waals surface area (Å²) in [5, 5.41) is 1.57. The lowest BCUT2D eigenvalue weighted by Crippen LogP contribution is -1.98. The quantitative estimate of drug-likeness (QED) is 0.648. The molecule has 2 atom stereocenters. The van der Waals surface area contributed by atoms with Crippen LogP contribution in [0.15, 0.2) is 5.80 Å². The minimum atomic E-state index is 0.946. The van der Waals surface area contributed by atoms with Gasteiger partial charge in [-0.25, -0.2) is 0 Å². The highest BCUT2D eigenvalue weighted by atomic mass is 31.1. The first-order valence-electron chi connectivity index (χ1n) is 5.74. The van der Waals surface area contributed by atoms with E-state index in [1.54, 1.807) is 16.2 Å². The van der Waals surface area contributed by atoms with Crippen LogP contribution >= 0.6 is 17.4 Å². The summed E-state index contributed by atoms with van der Waals surface area (Å²) < 4.78 is 0. The third-order valence-corrected chi connectivity index (χ3v) is 4.65. The summed E-state index contributed by atoms with van der Waals surface area (Å²) in [7, 11) is 3.88. The van der Waals surface area contributed by atoms with Crippen molar-refractivity contribution in [3.63, 3.8) is 0 Å². The molecule has 80 valence electrons. The van der Waals surface area contributed by atoms with Gasteiger partial charge in [0.25, 0.3) is 0 Å². The van der Waals surface area contributed by atoms with Crippen molar-refractivity contribution >= 4 is 22.5 Å². The Morgan fingerprint density at radius 2 is 1.79 bits per heavy atom. The molecule has 0 amide bonds. The predicted octanol–water partition coefficient (Wildman–Crippen LogP) is 3.90. The molecule has 1 rings (SSSR count). The van der Waals surface area contributed by atoms with Gasteiger partial charge in [0, 0.05) is 0 Å². The summed E-state index contributed by atoms with van der Waals surface area (Å²) in [4.78, 5) is 0. The first-order valence-corrected chi connectivity index (χ1v) is 7.39. The van der Waals surface area contributed by atoms with Gasteiger partial charge in [-0.05, 0) is 47.6 Å². The molecule has 0 bridgehead atoms. The number of rotatable bonds is 6. The highest BCUT2D eigenvalue weighted by molar-refractivity contribution is 7.51. The van der Waals surface area contributed by atoms with E-state index in [-0.39, 0.29) is 0 Å². The summed E-state index contributed by atoms with van der Waals surface area (Å²) >= 11 is 0. The van der Waals surface area contributed by atoms with Crippen molar-refractivity contribution in [2.45, 2.75) is 52.4 Å². The standard InChI is InChI=1S/C12H22P2/c1-3-5-7-10-9-14-12(13)11(10)8-6-4-2/h9,14H,3-8,13H2,1-2H3. The van der Waals surface area contributed by atoms with E-state index in [1.165, 1.54) is 38.5 Å². The second kappa shape index (κ2) is 6.65. The average Bonchev–Trinajstić information content (AvgIpc) is 2.53. The van der Waals surface area contributed by atoms with Crippen molar-refractivity contribution in [2.75, 3.05) is 0 Å². The molecule has 0 aliphatic rings. The van der Waals surface area contributed by atoms with E-state index < -0.39 is 0 Å². The van der Waals surface area contributed by atoms with Gasteiger partial charge in [-0.15, -0.1) is 17.4 Å². The van der Waals surface area contributed by atoms with Gasteiger partial charge in [0.05, 0.1) is 0 Å². The maximum atomic E-state index is 2.94. The zero-order chi connectivity index (χ0) is 10.4. The lowest BCUT2D eigenvalue weighted by molar-refractivity contribution is 0.764. The number of hydrogen-bond acceptors (Lipinski definition) is 0. The molecular weight excluding hydrogens is 206 g/mol. The van der Waals surface area contributed by atoms with Crippen LogP contribution in [0.3, 0.4) is 0 Å². The van der Waals surface area contributed by atoms with E-state index >= 15 is 0 Å². The van der Waals surface area contributed by atoms with E-state index in [1.807, 2.05) is 0 Å². The summed E-state index contributed by atoms with van der Waals surface area (Å²) in [6.07, 6.45) is 7.93. The van der Waals surface area contributed by atoms with E-state index in [9.17, 15) is 0 Å². The van der Waals surface area contributed by atoms with E-state index in [0.717, 1.165) is 8.19 Å². The van der Waals surface area contributed by atoms with Crippen LogP contribution in [0, 0.1) is 0 Å². The van der Waals surface area contributed by atoms with Gasteiger partial charge >= 0.3 is 0 Å². The maximum absolute atomic E-state index is 2.94. The Bertz CT molecular complexity index is 263. The molecule has 2 unspecified atom stereocenters. The van der Waals surface area contributed by atoms with Crippen LogP contribution in [-0.4, -0.2) is 0 Å². The van der Waals surface area contributed by atoms with Gasteiger partial charge in [-0.1, -0.05) is 26.7 Å². The Morgan fingerprint density at radius 3 is 2.43 bits per heavy atom. The van der Waals surface area contributed by atoms with Crippen LogP contribution in [0.25, 0.3) is 0 Å². The van der Waals surface area contributed by atoms with Crippen LogP contribution in [0.4, 0.5) is 0 Å². The first kappa shape index (κ1) is 12.3. The maximum Gasteiger partial charge on any atom is -0.0105 e. The summed E-state index contributed by atoms with van der Waals surface area (Å²) in [5.41, 5.74) is 3.33. The van der Waals surface area contributed by atoms with Crippen molar-refractivity contribution in [3.05, 3.63) is 16.9 Å². The van der Waals surface area contributed by atoms with E-state index in [2.05, 4.69) is 28.9 Å². The molecule has 0 fully saturated rings. The fourth-order valence-corrected chi connectivity index (χ4v) is 3.44. The van der Waals surface area contributed by atoms with Crippen molar-refractivity contribution in [1.82, 2.24) is 0 Å². The average molecular weight is 228 g/mol.